The van der Waals surface area contributed by atoms with Gasteiger partial charge in [0.25, 0.3) is 0 Å². The molecule has 1 aliphatic rings. The lowest BCUT2D eigenvalue weighted by atomic mass is 9.86. The van der Waals surface area contributed by atoms with Crippen LogP contribution in [0.15, 0.2) is 60.7 Å². The van der Waals surface area contributed by atoms with Gasteiger partial charge in [0.2, 0.25) is 0 Å². The third kappa shape index (κ3) is 2.44. The fourth-order valence-electron chi connectivity index (χ4n) is 3.06. The third-order valence-electron chi connectivity index (χ3n) is 4.14. The Morgan fingerprint density at radius 1 is 1.05 bits per heavy atom. The Hall–Kier alpha value is -2.16. The van der Waals surface area contributed by atoms with E-state index in [0.717, 1.165) is 11.1 Å². The van der Waals surface area contributed by atoms with Gasteiger partial charge in [0.1, 0.15) is 13.3 Å². The van der Waals surface area contributed by atoms with Crippen LogP contribution in [0, 0.1) is 5.92 Å². The maximum Gasteiger partial charge on any atom is 0.310 e. The summed E-state index contributed by atoms with van der Waals surface area (Å²) in [6, 6.07) is 20.0. The van der Waals surface area contributed by atoms with E-state index in [9.17, 15) is 9.18 Å². The molecule has 0 radical (unpaired) electrons. The van der Waals surface area contributed by atoms with Gasteiger partial charge in [-0.1, -0.05) is 60.7 Å². The number of benzene rings is 2. The Kier molecular flexibility index (Phi) is 3.74. The van der Waals surface area contributed by atoms with Gasteiger partial charge in [0, 0.05) is 5.41 Å². The van der Waals surface area contributed by atoms with Gasteiger partial charge in [-0.3, -0.25) is 4.79 Å². The van der Waals surface area contributed by atoms with Crippen LogP contribution < -0.4 is 0 Å². The number of hydrogen-bond donors (Lipinski definition) is 0. The van der Waals surface area contributed by atoms with E-state index in [0.29, 0.717) is 6.42 Å². The van der Waals surface area contributed by atoms with Crippen molar-refractivity contribution in [3.05, 3.63) is 71.8 Å². The number of carbonyl (C=O) groups excluding carboxylic acids is 1. The molecule has 2 nitrogen and oxygen atoms in total. The molecule has 21 heavy (non-hydrogen) atoms. The fourth-order valence-corrected chi connectivity index (χ4v) is 3.06. The lowest BCUT2D eigenvalue weighted by Crippen LogP contribution is -2.19. The zero-order chi connectivity index (χ0) is 14.7. The Morgan fingerprint density at radius 3 is 2.05 bits per heavy atom. The van der Waals surface area contributed by atoms with Crippen molar-refractivity contribution in [1.82, 2.24) is 0 Å². The first-order chi connectivity index (χ1) is 10.3. The predicted molar refractivity (Wildman–Crippen MR) is 78.7 cm³/mol. The van der Waals surface area contributed by atoms with Gasteiger partial charge >= 0.3 is 5.97 Å². The number of esters is 1. The number of halogens is 1. The van der Waals surface area contributed by atoms with E-state index in [2.05, 4.69) is 0 Å². The van der Waals surface area contributed by atoms with Crippen LogP contribution in [0.4, 0.5) is 4.39 Å². The summed E-state index contributed by atoms with van der Waals surface area (Å²) in [6.07, 6.45) is 0.714. The fraction of sp³-hybridized carbons (Fsp3) is 0.278. The molecule has 1 atom stereocenters. The van der Waals surface area contributed by atoms with Gasteiger partial charge in [0.15, 0.2) is 0 Å². The predicted octanol–water partition coefficient (Wildman–Crippen LogP) is 3.51. The minimum absolute atomic E-state index is 0.158. The minimum atomic E-state index is -0.637. The zero-order valence-corrected chi connectivity index (χ0v) is 11.7. The average molecular weight is 284 g/mol. The van der Waals surface area contributed by atoms with E-state index in [1.54, 1.807) is 0 Å². The van der Waals surface area contributed by atoms with Crippen LogP contribution in [0.3, 0.4) is 0 Å². The highest BCUT2D eigenvalue weighted by Gasteiger charge is 2.61. The average Bonchev–Trinajstić information content (AvgIpc) is 3.31. The Labute approximate surface area is 123 Å². The molecule has 1 saturated carbocycles. The summed E-state index contributed by atoms with van der Waals surface area (Å²) in [6.45, 7) is -0.795. The third-order valence-corrected chi connectivity index (χ3v) is 4.14. The summed E-state index contributed by atoms with van der Waals surface area (Å²) < 4.78 is 17.2. The molecule has 108 valence electrons. The lowest BCUT2D eigenvalue weighted by Gasteiger charge is -2.18. The highest BCUT2D eigenvalue weighted by Crippen LogP contribution is 2.59. The SMILES string of the molecule is O=C(OCCF)C1CC1(c1ccccc1)c1ccccc1. The standard InChI is InChI=1S/C18H17FO2/c19-11-12-21-17(20)16-13-18(16,14-7-3-1-4-8-14)15-9-5-2-6-10-15/h1-10,16H,11-13H2. The first-order valence-corrected chi connectivity index (χ1v) is 7.12. The second-order valence-corrected chi connectivity index (χ2v) is 5.32. The highest BCUT2D eigenvalue weighted by atomic mass is 19.1. The molecule has 2 aromatic carbocycles. The van der Waals surface area contributed by atoms with Gasteiger partial charge < -0.3 is 4.74 Å². The molecule has 0 amide bonds. The van der Waals surface area contributed by atoms with Crippen molar-refractivity contribution < 1.29 is 13.9 Å². The van der Waals surface area contributed by atoms with Crippen molar-refractivity contribution in [3.8, 4) is 0 Å². The van der Waals surface area contributed by atoms with Crippen molar-refractivity contribution in [3.63, 3.8) is 0 Å². The van der Waals surface area contributed by atoms with Gasteiger partial charge in [0.05, 0.1) is 5.92 Å². The van der Waals surface area contributed by atoms with Gasteiger partial charge in [-0.15, -0.1) is 0 Å². The molecular formula is C18H17FO2. The molecule has 0 saturated heterocycles. The second-order valence-electron chi connectivity index (χ2n) is 5.32. The van der Waals surface area contributed by atoms with Crippen LogP contribution in [0.2, 0.25) is 0 Å². The number of ether oxygens (including phenoxy) is 1. The van der Waals surface area contributed by atoms with Crippen LogP contribution in [-0.4, -0.2) is 19.3 Å². The quantitative estimate of drug-likeness (QED) is 0.785. The summed E-state index contributed by atoms with van der Waals surface area (Å²) in [5, 5.41) is 0. The highest BCUT2D eigenvalue weighted by molar-refractivity contribution is 5.81. The summed E-state index contributed by atoms with van der Waals surface area (Å²) in [5.74, 6) is -0.533. The summed E-state index contributed by atoms with van der Waals surface area (Å²) >= 11 is 0. The smallest absolute Gasteiger partial charge is 0.310 e. The van der Waals surface area contributed by atoms with E-state index in [1.165, 1.54) is 0 Å². The van der Waals surface area contributed by atoms with Crippen LogP contribution in [0.1, 0.15) is 17.5 Å². The van der Waals surface area contributed by atoms with Crippen molar-refractivity contribution in [2.75, 3.05) is 13.3 Å². The molecule has 3 rings (SSSR count). The van der Waals surface area contributed by atoms with E-state index in [4.69, 9.17) is 4.74 Å². The molecule has 1 aliphatic carbocycles. The molecule has 0 aliphatic heterocycles. The normalized spacial score (nSPS) is 19.0. The van der Waals surface area contributed by atoms with Crippen LogP contribution in [0.5, 0.6) is 0 Å². The number of carbonyl (C=O) groups is 1. The lowest BCUT2D eigenvalue weighted by molar-refractivity contribution is -0.146. The van der Waals surface area contributed by atoms with E-state index in [1.807, 2.05) is 60.7 Å². The van der Waals surface area contributed by atoms with Gasteiger partial charge in [-0.25, -0.2) is 4.39 Å². The van der Waals surface area contributed by atoms with E-state index in [-0.39, 0.29) is 23.9 Å². The molecule has 1 unspecified atom stereocenters. The van der Waals surface area contributed by atoms with Gasteiger partial charge in [-0.05, 0) is 17.5 Å². The number of hydrogen-bond acceptors (Lipinski definition) is 2. The molecule has 0 N–H and O–H groups in total. The van der Waals surface area contributed by atoms with Crippen LogP contribution >= 0.6 is 0 Å². The minimum Gasteiger partial charge on any atom is -0.463 e. The van der Waals surface area contributed by atoms with E-state index >= 15 is 0 Å². The monoisotopic (exact) mass is 284 g/mol. The zero-order valence-electron chi connectivity index (χ0n) is 11.7. The molecule has 1 fully saturated rings. The summed E-state index contributed by atoms with van der Waals surface area (Å²) in [4.78, 5) is 12.1. The molecule has 2 aromatic rings. The van der Waals surface area contributed by atoms with Gasteiger partial charge in [-0.2, -0.15) is 0 Å². The van der Waals surface area contributed by atoms with Crippen LogP contribution in [0.25, 0.3) is 0 Å². The Morgan fingerprint density at radius 2 is 1.57 bits per heavy atom. The first-order valence-electron chi connectivity index (χ1n) is 7.12. The molecular weight excluding hydrogens is 267 g/mol. The van der Waals surface area contributed by atoms with Crippen LogP contribution in [-0.2, 0) is 14.9 Å². The Balaban J connectivity index is 1.94. The second kappa shape index (κ2) is 5.68. The van der Waals surface area contributed by atoms with E-state index < -0.39 is 6.67 Å². The maximum absolute atomic E-state index is 12.2. The van der Waals surface area contributed by atoms with Crippen molar-refractivity contribution in [2.24, 2.45) is 5.92 Å². The summed E-state index contributed by atoms with van der Waals surface area (Å²) in [7, 11) is 0. The largest absolute Gasteiger partial charge is 0.463 e. The molecule has 0 spiro atoms. The maximum atomic E-state index is 12.2. The molecule has 0 aromatic heterocycles. The Bertz CT molecular complexity index is 570. The first kappa shape index (κ1) is 13.8. The van der Waals surface area contributed by atoms with Crippen molar-refractivity contribution in [1.29, 1.82) is 0 Å². The number of rotatable bonds is 5. The number of alkyl halides is 1. The topological polar surface area (TPSA) is 26.3 Å². The van der Waals surface area contributed by atoms with Crippen molar-refractivity contribution in [2.45, 2.75) is 11.8 Å². The molecule has 0 bridgehead atoms. The summed E-state index contributed by atoms with van der Waals surface area (Å²) in [5.41, 5.74) is 1.90. The molecule has 3 heteroatoms. The molecule has 0 heterocycles. The van der Waals surface area contributed by atoms with Crippen molar-refractivity contribution >= 4 is 5.97 Å².